The Morgan fingerprint density at radius 2 is 1.66 bits per heavy atom. The van der Waals surface area contributed by atoms with E-state index < -0.39 is 0 Å². The number of halogens is 1. The molecule has 0 unspecified atom stereocenters. The Hall–Kier alpha value is -5.19. The lowest BCUT2D eigenvalue weighted by molar-refractivity contribution is -0.142. The SMILES string of the molecule is C=C(NCCCN(CC(=O)OC)C1CCC(CN(C)c2ccc(N3C(=O)Cc4cc(OC)c(OC(C)C)cc4[C@@H]3c3ccc(Cl)cc3)cc2)CC1)OCc1ccccc1. The summed E-state index contributed by atoms with van der Waals surface area (Å²) in [6.45, 7) is 11.1. The molecule has 1 aliphatic carbocycles. The van der Waals surface area contributed by atoms with Crippen molar-refractivity contribution in [2.45, 2.75) is 77.2 Å². The molecule has 1 amide bonds. The van der Waals surface area contributed by atoms with Gasteiger partial charge in [-0.25, -0.2) is 0 Å². The zero-order valence-corrected chi connectivity index (χ0v) is 35.9. The molecule has 0 bridgehead atoms. The first-order valence-electron chi connectivity index (χ1n) is 20.7. The molecule has 314 valence electrons. The van der Waals surface area contributed by atoms with Gasteiger partial charge in [-0.2, -0.15) is 0 Å². The van der Waals surface area contributed by atoms with Crippen LogP contribution in [-0.2, 0) is 32.1 Å². The number of benzene rings is 4. The van der Waals surface area contributed by atoms with Crippen LogP contribution in [0.2, 0.25) is 5.02 Å². The van der Waals surface area contributed by atoms with Crippen LogP contribution in [0.1, 0.15) is 74.2 Å². The quantitative estimate of drug-likeness (QED) is 0.0566. The van der Waals surface area contributed by atoms with Gasteiger partial charge in [-0.3, -0.25) is 14.5 Å². The van der Waals surface area contributed by atoms with Crippen molar-refractivity contribution in [3.8, 4) is 11.5 Å². The molecule has 1 saturated carbocycles. The molecule has 0 saturated heterocycles. The highest BCUT2D eigenvalue weighted by Gasteiger charge is 2.36. The highest BCUT2D eigenvalue weighted by molar-refractivity contribution is 6.30. The van der Waals surface area contributed by atoms with Gasteiger partial charge in [0.2, 0.25) is 5.91 Å². The summed E-state index contributed by atoms with van der Waals surface area (Å²) < 4.78 is 22.7. The Kier molecular flexibility index (Phi) is 15.2. The van der Waals surface area contributed by atoms with E-state index in [4.69, 9.17) is 30.5 Å². The van der Waals surface area contributed by atoms with E-state index in [0.29, 0.717) is 47.5 Å². The highest BCUT2D eigenvalue weighted by Crippen LogP contribution is 2.44. The summed E-state index contributed by atoms with van der Waals surface area (Å²) in [6, 6.07) is 30.0. The van der Waals surface area contributed by atoms with Gasteiger partial charge in [0.1, 0.15) is 6.61 Å². The largest absolute Gasteiger partial charge is 0.493 e. The maximum absolute atomic E-state index is 14.0. The van der Waals surface area contributed by atoms with Crippen molar-refractivity contribution in [1.82, 2.24) is 10.2 Å². The first-order chi connectivity index (χ1) is 28.5. The van der Waals surface area contributed by atoms with E-state index >= 15 is 0 Å². The van der Waals surface area contributed by atoms with Crippen LogP contribution in [0.5, 0.6) is 11.5 Å². The molecule has 6 rings (SSSR count). The Labute approximate surface area is 355 Å². The fourth-order valence-electron chi connectivity index (χ4n) is 8.31. The maximum Gasteiger partial charge on any atom is 0.319 e. The van der Waals surface area contributed by atoms with E-state index in [-0.39, 0.29) is 37.0 Å². The summed E-state index contributed by atoms with van der Waals surface area (Å²) in [5.41, 5.74) is 5.88. The minimum Gasteiger partial charge on any atom is -0.493 e. The van der Waals surface area contributed by atoms with Crippen molar-refractivity contribution >= 4 is 34.9 Å². The first-order valence-corrected chi connectivity index (χ1v) is 21.1. The van der Waals surface area contributed by atoms with Gasteiger partial charge in [0.15, 0.2) is 17.4 Å². The number of methoxy groups -OCH3 is 2. The van der Waals surface area contributed by atoms with Crippen LogP contribution in [0.25, 0.3) is 0 Å². The van der Waals surface area contributed by atoms with Crippen molar-refractivity contribution < 1.29 is 28.5 Å². The van der Waals surface area contributed by atoms with Crippen LogP contribution >= 0.6 is 11.6 Å². The van der Waals surface area contributed by atoms with Crippen molar-refractivity contribution in [3.05, 3.63) is 131 Å². The minimum atomic E-state index is -0.379. The zero-order chi connectivity index (χ0) is 41.9. The topological polar surface area (TPSA) is 92.8 Å². The van der Waals surface area contributed by atoms with Crippen molar-refractivity contribution in [1.29, 1.82) is 0 Å². The van der Waals surface area contributed by atoms with Crippen molar-refractivity contribution in [2.75, 3.05) is 57.2 Å². The van der Waals surface area contributed by atoms with Gasteiger partial charge in [0, 0.05) is 49.1 Å². The molecule has 1 aliphatic heterocycles. The number of hydrogen-bond acceptors (Lipinski definition) is 9. The predicted octanol–water partition coefficient (Wildman–Crippen LogP) is 8.95. The summed E-state index contributed by atoms with van der Waals surface area (Å²) in [5, 5.41) is 3.91. The number of amides is 1. The van der Waals surface area contributed by atoms with Gasteiger partial charge in [0.25, 0.3) is 0 Å². The number of nitrogens with zero attached hydrogens (tertiary/aromatic N) is 3. The second-order valence-corrected chi connectivity index (χ2v) is 16.3. The molecule has 1 N–H and O–H groups in total. The van der Waals surface area contributed by atoms with E-state index in [9.17, 15) is 9.59 Å². The maximum atomic E-state index is 14.0. The zero-order valence-electron chi connectivity index (χ0n) is 35.1. The molecule has 4 aromatic carbocycles. The monoisotopic (exact) mass is 822 g/mol. The van der Waals surface area contributed by atoms with Crippen LogP contribution in [0.3, 0.4) is 0 Å². The van der Waals surface area contributed by atoms with Gasteiger partial charge in [-0.15, -0.1) is 0 Å². The van der Waals surface area contributed by atoms with E-state index in [1.807, 2.05) is 97.6 Å². The number of hydrogen-bond donors (Lipinski definition) is 1. The summed E-state index contributed by atoms with van der Waals surface area (Å²) in [7, 11) is 5.21. The summed E-state index contributed by atoms with van der Waals surface area (Å²) >= 11 is 6.32. The van der Waals surface area contributed by atoms with Crippen LogP contribution < -0.4 is 24.6 Å². The van der Waals surface area contributed by atoms with E-state index in [2.05, 4.69) is 40.9 Å². The summed E-state index contributed by atoms with van der Waals surface area (Å²) in [5.74, 6) is 2.13. The van der Waals surface area contributed by atoms with Crippen LogP contribution in [0.15, 0.2) is 103 Å². The molecule has 11 heteroatoms. The fraction of sp³-hybridized carbons (Fsp3) is 0.417. The number of ether oxygens (including phenoxy) is 4. The smallest absolute Gasteiger partial charge is 0.319 e. The summed E-state index contributed by atoms with van der Waals surface area (Å²) in [4.78, 5) is 32.9. The first kappa shape index (κ1) is 43.4. The Morgan fingerprint density at radius 1 is 0.949 bits per heavy atom. The average Bonchev–Trinajstić information content (AvgIpc) is 3.24. The third-order valence-electron chi connectivity index (χ3n) is 11.3. The molecule has 1 fully saturated rings. The molecular weight excluding hydrogens is 764 g/mol. The van der Waals surface area contributed by atoms with Gasteiger partial charge in [-0.05, 0) is 129 Å². The third-order valence-corrected chi connectivity index (χ3v) is 11.6. The fourth-order valence-corrected chi connectivity index (χ4v) is 8.43. The Morgan fingerprint density at radius 3 is 2.32 bits per heavy atom. The lowest BCUT2D eigenvalue weighted by Crippen LogP contribution is -2.43. The number of nitrogens with one attached hydrogen (secondary N) is 1. The minimum absolute atomic E-state index is 0.00529. The molecule has 1 atom stereocenters. The number of rotatable bonds is 19. The number of fused-ring (bicyclic) bond motifs is 1. The van der Waals surface area contributed by atoms with E-state index in [0.717, 1.165) is 78.8 Å². The van der Waals surface area contributed by atoms with Gasteiger partial charge in [0.05, 0.1) is 39.3 Å². The van der Waals surface area contributed by atoms with Crippen molar-refractivity contribution in [3.63, 3.8) is 0 Å². The lowest BCUT2D eigenvalue weighted by Gasteiger charge is -2.39. The van der Waals surface area contributed by atoms with Crippen molar-refractivity contribution in [2.24, 2.45) is 5.92 Å². The van der Waals surface area contributed by atoms with Gasteiger partial charge in [-0.1, -0.05) is 54.1 Å². The average molecular weight is 823 g/mol. The molecule has 4 aromatic rings. The lowest BCUT2D eigenvalue weighted by atomic mass is 9.84. The van der Waals surface area contributed by atoms with Crippen LogP contribution in [0, 0.1) is 5.92 Å². The molecule has 59 heavy (non-hydrogen) atoms. The van der Waals surface area contributed by atoms with Gasteiger partial charge >= 0.3 is 5.97 Å². The number of esters is 1. The standard InChI is InChI=1S/C48H59ClN4O6/c1-33(2)59-45-29-43-38(27-44(45)56-5)28-46(54)53(48(43)37-15-17-39(49)18-16-37)42-23-21-40(22-24-42)51(4)30-35-13-19-41(20-14-35)52(31-47(55)57-6)26-10-25-50-34(3)58-32-36-11-8-7-9-12-36/h7-9,11-12,15-18,21-24,27,29,33,35,41,48,50H,3,10,13-14,19-20,25-26,28,30-32H2,1-2,4-6H3/t35?,41?,48-/m0/s1. The second kappa shape index (κ2) is 20.7. The molecule has 0 spiro atoms. The molecule has 1 heterocycles. The van der Waals surface area contributed by atoms with E-state index in [1.165, 1.54) is 7.11 Å². The molecule has 0 aromatic heterocycles. The number of carbonyl (C=O) groups excluding carboxylic acids is 2. The predicted molar refractivity (Wildman–Crippen MR) is 235 cm³/mol. The Balaban J connectivity index is 1.06. The van der Waals surface area contributed by atoms with Crippen LogP contribution in [-0.4, -0.2) is 76.4 Å². The molecule has 0 radical (unpaired) electrons. The number of carbonyl (C=O) groups is 2. The van der Waals surface area contributed by atoms with Crippen LogP contribution in [0.4, 0.5) is 11.4 Å². The molecular formula is C48H59ClN4O6. The molecule has 2 aliphatic rings. The third kappa shape index (κ3) is 11.5. The Bertz CT molecular complexity index is 2000. The normalized spacial score (nSPS) is 17.7. The van der Waals surface area contributed by atoms with Gasteiger partial charge < -0.3 is 34.1 Å². The van der Waals surface area contributed by atoms with E-state index in [1.54, 1.807) is 7.11 Å². The number of anilines is 2. The summed E-state index contributed by atoms with van der Waals surface area (Å²) in [6.07, 6.45) is 5.24. The highest BCUT2D eigenvalue weighted by atomic mass is 35.5. The second-order valence-electron chi connectivity index (χ2n) is 15.9. The molecule has 10 nitrogen and oxygen atoms in total.